The van der Waals surface area contributed by atoms with Crippen molar-refractivity contribution in [3.63, 3.8) is 0 Å². The van der Waals surface area contributed by atoms with E-state index in [0.29, 0.717) is 6.54 Å². The van der Waals surface area contributed by atoms with Crippen LogP contribution in [-0.2, 0) is 6.54 Å². The van der Waals surface area contributed by atoms with Crippen LogP contribution in [0.2, 0.25) is 0 Å². The zero-order chi connectivity index (χ0) is 16.9. The highest BCUT2D eigenvalue weighted by Gasteiger charge is 2.06. The highest BCUT2D eigenvalue weighted by Crippen LogP contribution is 2.21. The average Bonchev–Trinajstić information content (AvgIpc) is 3.22. The molecule has 3 aromatic heterocycles. The van der Waals surface area contributed by atoms with Gasteiger partial charge in [0.2, 0.25) is 0 Å². The Morgan fingerprint density at radius 1 is 0.920 bits per heavy atom. The number of pyridine rings is 2. The molecule has 0 aliphatic rings. The lowest BCUT2D eigenvalue weighted by Crippen LogP contribution is -2.06. The van der Waals surface area contributed by atoms with Gasteiger partial charge in [0.15, 0.2) is 5.82 Å². The number of anilines is 1. The molecule has 0 unspecified atom stereocenters. The molecule has 0 atom stereocenters. The van der Waals surface area contributed by atoms with E-state index in [2.05, 4.69) is 55.7 Å². The van der Waals surface area contributed by atoms with E-state index < -0.39 is 0 Å². The summed E-state index contributed by atoms with van der Waals surface area (Å²) in [7, 11) is 0. The quantitative estimate of drug-likeness (QED) is 0.608. The zero-order valence-corrected chi connectivity index (χ0v) is 13.4. The Bertz CT molecular complexity index is 951. The van der Waals surface area contributed by atoms with Crippen molar-refractivity contribution in [2.45, 2.75) is 6.54 Å². The number of rotatable bonds is 5. The van der Waals surface area contributed by atoms with Crippen molar-refractivity contribution >= 4 is 5.69 Å². The summed E-state index contributed by atoms with van der Waals surface area (Å²) < 4.78 is 1.65. The molecule has 3 heterocycles. The first kappa shape index (κ1) is 15.0. The molecule has 0 saturated carbocycles. The van der Waals surface area contributed by atoms with E-state index >= 15 is 0 Å². The van der Waals surface area contributed by atoms with Crippen molar-refractivity contribution in [2.75, 3.05) is 5.32 Å². The molecular weight excluding hydrogens is 312 g/mol. The Kier molecular flexibility index (Phi) is 4.16. The van der Waals surface area contributed by atoms with Crippen LogP contribution in [-0.4, -0.2) is 24.7 Å². The predicted molar refractivity (Wildman–Crippen MR) is 96.2 cm³/mol. The van der Waals surface area contributed by atoms with Crippen LogP contribution in [0.15, 0.2) is 79.8 Å². The van der Waals surface area contributed by atoms with Gasteiger partial charge >= 0.3 is 0 Å². The SMILES string of the molecule is c1cncc(-c2cccc(CNc3cccnc3-n3cncn3)c2)c1. The zero-order valence-electron chi connectivity index (χ0n) is 13.4. The predicted octanol–water partition coefficient (Wildman–Crippen LogP) is 3.34. The van der Waals surface area contributed by atoms with Crippen molar-refractivity contribution < 1.29 is 0 Å². The second kappa shape index (κ2) is 6.92. The summed E-state index contributed by atoms with van der Waals surface area (Å²) in [5, 5.41) is 7.58. The summed E-state index contributed by atoms with van der Waals surface area (Å²) >= 11 is 0. The summed E-state index contributed by atoms with van der Waals surface area (Å²) in [6.45, 7) is 0.682. The van der Waals surface area contributed by atoms with Gasteiger partial charge in [-0.3, -0.25) is 4.98 Å². The minimum Gasteiger partial charge on any atom is -0.378 e. The molecular formula is C19H16N6. The smallest absolute Gasteiger partial charge is 0.178 e. The molecule has 0 saturated heterocycles. The minimum atomic E-state index is 0.682. The summed E-state index contributed by atoms with van der Waals surface area (Å²) in [5.74, 6) is 0.725. The summed E-state index contributed by atoms with van der Waals surface area (Å²) in [4.78, 5) is 12.6. The van der Waals surface area contributed by atoms with E-state index in [4.69, 9.17) is 0 Å². The van der Waals surface area contributed by atoms with E-state index in [0.717, 1.165) is 22.6 Å². The maximum Gasteiger partial charge on any atom is 0.178 e. The second-order valence-corrected chi connectivity index (χ2v) is 5.51. The molecule has 1 aromatic carbocycles. The Morgan fingerprint density at radius 2 is 1.84 bits per heavy atom. The topological polar surface area (TPSA) is 68.5 Å². The van der Waals surface area contributed by atoms with E-state index in [-0.39, 0.29) is 0 Å². The number of hydrogen-bond donors (Lipinski definition) is 1. The molecule has 122 valence electrons. The normalized spacial score (nSPS) is 10.6. The lowest BCUT2D eigenvalue weighted by Gasteiger charge is -2.11. The van der Waals surface area contributed by atoms with Gasteiger partial charge in [0, 0.05) is 25.1 Å². The van der Waals surface area contributed by atoms with Crippen molar-refractivity contribution in [1.82, 2.24) is 24.7 Å². The third-order valence-electron chi connectivity index (χ3n) is 3.83. The number of hydrogen-bond acceptors (Lipinski definition) is 5. The van der Waals surface area contributed by atoms with Gasteiger partial charge in [0.05, 0.1) is 5.69 Å². The molecule has 25 heavy (non-hydrogen) atoms. The fraction of sp³-hybridized carbons (Fsp3) is 0.0526. The van der Waals surface area contributed by atoms with E-state index in [1.807, 2.05) is 24.4 Å². The summed E-state index contributed by atoms with van der Waals surface area (Å²) in [6.07, 6.45) is 8.52. The first-order valence-electron chi connectivity index (χ1n) is 7.93. The molecule has 0 aliphatic heterocycles. The largest absolute Gasteiger partial charge is 0.378 e. The number of benzene rings is 1. The molecule has 0 fully saturated rings. The molecule has 1 N–H and O–H groups in total. The molecule has 0 amide bonds. The summed E-state index contributed by atoms with van der Waals surface area (Å²) in [6, 6.07) is 16.3. The number of aromatic nitrogens is 5. The molecule has 6 heteroatoms. The Labute approximate surface area is 145 Å². The van der Waals surface area contributed by atoms with Crippen molar-refractivity contribution in [1.29, 1.82) is 0 Å². The second-order valence-electron chi connectivity index (χ2n) is 5.51. The molecule has 0 aliphatic carbocycles. The first-order valence-corrected chi connectivity index (χ1v) is 7.93. The first-order chi connectivity index (χ1) is 12.4. The van der Waals surface area contributed by atoms with Gasteiger partial charge in [-0.15, -0.1) is 0 Å². The van der Waals surface area contributed by atoms with Crippen LogP contribution in [0, 0.1) is 0 Å². The van der Waals surface area contributed by atoms with Gasteiger partial charge in [-0.05, 0) is 41.0 Å². The van der Waals surface area contributed by atoms with Crippen LogP contribution in [0.3, 0.4) is 0 Å². The van der Waals surface area contributed by atoms with Crippen LogP contribution in [0.25, 0.3) is 16.9 Å². The van der Waals surface area contributed by atoms with Crippen molar-refractivity contribution in [2.24, 2.45) is 0 Å². The maximum atomic E-state index is 4.39. The van der Waals surface area contributed by atoms with Gasteiger partial charge in [-0.2, -0.15) is 5.10 Å². The molecule has 0 spiro atoms. The van der Waals surface area contributed by atoms with Gasteiger partial charge in [-0.25, -0.2) is 14.6 Å². The van der Waals surface area contributed by atoms with Gasteiger partial charge in [0.1, 0.15) is 12.7 Å². The Hall–Kier alpha value is -3.54. The van der Waals surface area contributed by atoms with Gasteiger partial charge in [-0.1, -0.05) is 24.3 Å². The minimum absolute atomic E-state index is 0.682. The summed E-state index contributed by atoms with van der Waals surface area (Å²) in [5.41, 5.74) is 4.33. The monoisotopic (exact) mass is 328 g/mol. The Balaban J connectivity index is 1.55. The molecule has 0 radical (unpaired) electrons. The lowest BCUT2D eigenvalue weighted by atomic mass is 10.0. The van der Waals surface area contributed by atoms with E-state index in [1.165, 1.54) is 11.9 Å². The fourth-order valence-corrected chi connectivity index (χ4v) is 2.63. The van der Waals surface area contributed by atoms with Crippen LogP contribution in [0.1, 0.15) is 5.56 Å². The highest BCUT2D eigenvalue weighted by molar-refractivity contribution is 5.63. The lowest BCUT2D eigenvalue weighted by molar-refractivity contribution is 0.844. The molecule has 4 rings (SSSR count). The van der Waals surface area contributed by atoms with Gasteiger partial charge < -0.3 is 5.32 Å². The van der Waals surface area contributed by atoms with E-state index in [9.17, 15) is 0 Å². The molecule has 0 bridgehead atoms. The molecule has 4 aromatic rings. The maximum absolute atomic E-state index is 4.39. The van der Waals surface area contributed by atoms with Crippen molar-refractivity contribution in [3.05, 3.63) is 85.3 Å². The van der Waals surface area contributed by atoms with Crippen LogP contribution in [0.5, 0.6) is 0 Å². The Morgan fingerprint density at radius 3 is 2.68 bits per heavy atom. The molecule has 6 nitrogen and oxygen atoms in total. The fourth-order valence-electron chi connectivity index (χ4n) is 2.63. The van der Waals surface area contributed by atoms with Crippen LogP contribution >= 0.6 is 0 Å². The highest BCUT2D eigenvalue weighted by atomic mass is 15.3. The number of nitrogens with one attached hydrogen (secondary N) is 1. The van der Waals surface area contributed by atoms with Crippen LogP contribution in [0.4, 0.5) is 5.69 Å². The number of nitrogens with zero attached hydrogens (tertiary/aromatic N) is 5. The third kappa shape index (κ3) is 3.37. The standard InChI is InChI=1S/C19H16N6/c1-4-15(10-16(5-1)17-6-2-8-20-12-17)11-23-18-7-3-9-22-19(18)25-14-21-13-24-25/h1-10,12-14,23H,11H2. The third-order valence-corrected chi connectivity index (χ3v) is 3.83. The van der Waals surface area contributed by atoms with Crippen molar-refractivity contribution in [3.8, 4) is 16.9 Å². The van der Waals surface area contributed by atoms with Crippen LogP contribution < -0.4 is 5.32 Å². The van der Waals surface area contributed by atoms with E-state index in [1.54, 1.807) is 23.4 Å². The van der Waals surface area contributed by atoms with Gasteiger partial charge in [0.25, 0.3) is 0 Å². The average molecular weight is 328 g/mol.